The fraction of sp³-hybridized carbons (Fsp3) is 0. The first-order chi connectivity index (χ1) is 14.9. The standard InChI is InChI=1S/C20H16N4O6S2/c21-19-13-7-3-1-5-11(13)17(31(25,26)27)9-15(19)24(23)16-10-18(32(28,29)30)12-6-2-4-8-14(12)20(16)22/h1-10H,21-22H2,(H,25,26,27)(H,28,29,30). The molecule has 0 aromatic heterocycles. The van der Waals surface area contributed by atoms with Crippen molar-refractivity contribution in [3.05, 3.63) is 66.2 Å². The molecule has 4 rings (SSSR count). The molecule has 6 N–H and O–H groups in total. The van der Waals surface area contributed by atoms with E-state index in [2.05, 4.69) is 0 Å². The lowest BCUT2D eigenvalue weighted by atomic mass is 10.1. The maximum atomic E-state index is 12.0. The van der Waals surface area contributed by atoms with Crippen molar-refractivity contribution in [3.63, 3.8) is 0 Å². The molecule has 0 aliphatic carbocycles. The fourth-order valence-corrected chi connectivity index (χ4v) is 5.04. The van der Waals surface area contributed by atoms with Gasteiger partial charge < -0.3 is 17.0 Å². The van der Waals surface area contributed by atoms with Gasteiger partial charge in [0, 0.05) is 33.7 Å². The summed E-state index contributed by atoms with van der Waals surface area (Å²) in [6, 6.07) is 14.0. The van der Waals surface area contributed by atoms with Gasteiger partial charge in [0.15, 0.2) is 0 Å². The van der Waals surface area contributed by atoms with Gasteiger partial charge in [0.25, 0.3) is 20.2 Å². The SMILES string of the molecule is [N-]=[N+](c1cc(S(=O)(=O)O)c2ccccc2c1N)c1cc(S(=O)(=O)O)c2ccccc2c1N. The van der Waals surface area contributed by atoms with Crippen LogP contribution in [-0.2, 0) is 20.2 Å². The molecule has 10 nitrogen and oxygen atoms in total. The summed E-state index contributed by atoms with van der Waals surface area (Å²) in [5, 5.41) is 0.668. The average molecular weight is 473 g/mol. The average Bonchev–Trinajstić information content (AvgIpc) is 2.72. The van der Waals surface area contributed by atoms with Gasteiger partial charge in [0.1, 0.15) is 21.2 Å². The molecule has 0 aliphatic heterocycles. The molecule has 4 aromatic carbocycles. The largest absolute Gasteiger partial charge is 0.493 e. The normalized spacial score (nSPS) is 12.3. The summed E-state index contributed by atoms with van der Waals surface area (Å²) in [7, 11) is -9.44. The number of benzene rings is 4. The summed E-state index contributed by atoms with van der Waals surface area (Å²) >= 11 is 0. The van der Waals surface area contributed by atoms with Crippen LogP contribution in [-0.4, -0.2) is 25.9 Å². The van der Waals surface area contributed by atoms with Crippen molar-refractivity contribution in [2.24, 2.45) is 0 Å². The first kappa shape index (κ1) is 21.6. The summed E-state index contributed by atoms with van der Waals surface area (Å²) < 4.78 is 67.7. The molecule has 0 saturated carbocycles. The van der Waals surface area contributed by atoms with Gasteiger partial charge in [-0.05, 0) is 0 Å². The van der Waals surface area contributed by atoms with Gasteiger partial charge in [-0.2, -0.15) is 16.8 Å². The second kappa shape index (κ2) is 7.24. The molecule has 32 heavy (non-hydrogen) atoms. The molecule has 12 heteroatoms. The van der Waals surface area contributed by atoms with Crippen molar-refractivity contribution in [2.75, 3.05) is 11.5 Å². The number of anilines is 2. The van der Waals surface area contributed by atoms with Crippen molar-refractivity contribution in [1.29, 1.82) is 0 Å². The number of fused-ring (bicyclic) bond motifs is 2. The Morgan fingerprint density at radius 3 is 1.28 bits per heavy atom. The first-order valence-corrected chi connectivity index (χ1v) is 11.9. The van der Waals surface area contributed by atoms with Crippen LogP contribution in [0.1, 0.15) is 0 Å². The van der Waals surface area contributed by atoms with Gasteiger partial charge in [-0.1, -0.05) is 48.5 Å². The second-order valence-corrected chi connectivity index (χ2v) is 9.75. The van der Waals surface area contributed by atoms with Crippen molar-refractivity contribution in [2.45, 2.75) is 9.79 Å². The highest BCUT2D eigenvalue weighted by Gasteiger charge is 2.27. The molecule has 0 fully saturated rings. The van der Waals surface area contributed by atoms with E-state index in [-0.39, 0.29) is 44.3 Å². The van der Waals surface area contributed by atoms with Gasteiger partial charge >= 0.3 is 0 Å². The van der Waals surface area contributed by atoms with E-state index >= 15 is 0 Å². The van der Waals surface area contributed by atoms with Crippen LogP contribution in [0.15, 0.2) is 70.5 Å². The van der Waals surface area contributed by atoms with E-state index in [4.69, 9.17) is 11.5 Å². The summed E-state index contributed by atoms with van der Waals surface area (Å²) in [6.45, 7) is 0. The Hall–Kier alpha value is -3.58. The van der Waals surface area contributed by atoms with E-state index in [9.17, 15) is 31.5 Å². The first-order valence-electron chi connectivity index (χ1n) is 8.97. The molecule has 0 bridgehead atoms. The zero-order valence-corrected chi connectivity index (χ0v) is 17.8. The minimum Gasteiger partial charge on any atom is -0.493 e. The molecule has 0 atom stereocenters. The van der Waals surface area contributed by atoms with Crippen LogP contribution >= 0.6 is 0 Å². The van der Waals surface area contributed by atoms with Crippen molar-refractivity contribution in [3.8, 4) is 0 Å². The van der Waals surface area contributed by atoms with E-state index in [0.717, 1.165) is 12.1 Å². The highest BCUT2D eigenvalue weighted by atomic mass is 32.2. The Bertz CT molecular complexity index is 1540. The predicted octanol–water partition coefficient (Wildman–Crippen LogP) is 3.51. The Balaban J connectivity index is 2.09. The van der Waals surface area contributed by atoms with E-state index in [0.29, 0.717) is 4.70 Å². The lowest BCUT2D eigenvalue weighted by Crippen LogP contribution is -2.09. The fourth-order valence-electron chi connectivity index (χ4n) is 3.61. The molecule has 0 spiro atoms. The van der Waals surface area contributed by atoms with Crippen LogP contribution in [0.3, 0.4) is 0 Å². The monoisotopic (exact) mass is 472 g/mol. The Morgan fingerprint density at radius 2 is 0.969 bits per heavy atom. The van der Waals surface area contributed by atoms with Crippen molar-refractivity contribution >= 4 is 64.5 Å². The molecule has 0 aliphatic rings. The molecule has 0 saturated heterocycles. The van der Waals surface area contributed by atoms with E-state index in [1.807, 2.05) is 0 Å². The van der Waals surface area contributed by atoms with Gasteiger partial charge in [0.05, 0.1) is 0 Å². The Morgan fingerprint density at radius 1 is 0.656 bits per heavy atom. The molecule has 0 amide bonds. The van der Waals surface area contributed by atoms with E-state index < -0.39 is 30.0 Å². The molecule has 0 unspecified atom stereocenters. The van der Waals surface area contributed by atoms with E-state index in [1.165, 1.54) is 24.3 Å². The topological polar surface area (TPSA) is 186 Å². The summed E-state index contributed by atoms with van der Waals surface area (Å²) in [4.78, 5) is -1.04. The molecular weight excluding hydrogens is 456 g/mol. The van der Waals surface area contributed by atoms with Crippen LogP contribution in [0.4, 0.5) is 22.7 Å². The van der Waals surface area contributed by atoms with Crippen LogP contribution in [0.25, 0.3) is 27.1 Å². The summed E-state index contributed by atoms with van der Waals surface area (Å²) in [6.07, 6.45) is 0. The summed E-state index contributed by atoms with van der Waals surface area (Å²) in [5.74, 6) is 0. The molecule has 0 radical (unpaired) electrons. The number of nitrogens with zero attached hydrogens (tertiary/aromatic N) is 2. The molecule has 4 aromatic rings. The molecule has 164 valence electrons. The zero-order valence-electron chi connectivity index (χ0n) is 16.2. The van der Waals surface area contributed by atoms with Gasteiger partial charge in [0.2, 0.25) is 11.4 Å². The number of hydrogen-bond donors (Lipinski definition) is 4. The van der Waals surface area contributed by atoms with E-state index in [1.54, 1.807) is 24.3 Å². The number of rotatable bonds is 4. The van der Waals surface area contributed by atoms with Crippen molar-refractivity contribution < 1.29 is 25.9 Å². The third-order valence-electron chi connectivity index (χ3n) is 5.07. The van der Waals surface area contributed by atoms with Crippen LogP contribution in [0.5, 0.6) is 0 Å². The Kier molecular flexibility index (Phi) is 4.90. The smallest absolute Gasteiger partial charge is 0.295 e. The molecule has 0 heterocycles. The zero-order chi connectivity index (χ0) is 23.4. The minimum atomic E-state index is -4.72. The highest BCUT2D eigenvalue weighted by molar-refractivity contribution is 7.86. The van der Waals surface area contributed by atoms with Crippen molar-refractivity contribution in [1.82, 2.24) is 4.70 Å². The second-order valence-electron chi connectivity index (χ2n) is 6.97. The number of hydrogen-bond acceptors (Lipinski definition) is 6. The van der Waals surface area contributed by atoms with Gasteiger partial charge in [-0.15, -0.1) is 0 Å². The van der Waals surface area contributed by atoms with Crippen LogP contribution < -0.4 is 16.2 Å². The van der Waals surface area contributed by atoms with Crippen LogP contribution in [0, 0.1) is 0 Å². The number of nitrogen functional groups attached to an aromatic ring is 2. The lowest BCUT2D eigenvalue weighted by molar-refractivity contribution is 0.482. The summed E-state index contributed by atoms with van der Waals surface area (Å²) in [5.41, 5.74) is 22.6. The minimum absolute atomic E-state index is 0.0588. The van der Waals surface area contributed by atoms with Crippen LogP contribution in [0.2, 0.25) is 0 Å². The Labute approximate surface area is 182 Å². The maximum Gasteiger partial charge on any atom is 0.295 e. The third-order valence-corrected chi connectivity index (χ3v) is 6.85. The quantitative estimate of drug-likeness (QED) is 0.150. The van der Waals surface area contributed by atoms with Gasteiger partial charge in [-0.3, -0.25) is 9.11 Å². The lowest BCUT2D eigenvalue weighted by Gasteiger charge is -2.16. The number of nitrogens with two attached hydrogens (primary N) is 2. The highest BCUT2D eigenvalue weighted by Crippen LogP contribution is 2.41. The maximum absolute atomic E-state index is 12.0. The molecular formula is C20H16N4O6S2. The third kappa shape index (κ3) is 3.44. The predicted molar refractivity (Wildman–Crippen MR) is 121 cm³/mol. The van der Waals surface area contributed by atoms with Gasteiger partial charge in [-0.25, -0.2) is 4.70 Å².